The van der Waals surface area contributed by atoms with E-state index >= 15 is 0 Å². The predicted molar refractivity (Wildman–Crippen MR) is 63.8 cm³/mol. The van der Waals surface area contributed by atoms with Crippen molar-refractivity contribution in [3.63, 3.8) is 0 Å². The number of benzene rings is 1. The van der Waals surface area contributed by atoms with Gasteiger partial charge in [0.2, 0.25) is 0 Å². The largest absolute Gasteiger partial charge is 0.419 e. The molecular weight excluding hydrogens is 257 g/mol. The standard InChI is InChI=1S/C13H13F3N2O/c1-2-12(19)9-3-5-11(6-4-9)18-8-10(7-17-18)13(14,15)16/h3-8,12,19H,2H2,1H3/t12-/m1/s1. The van der Waals surface area contributed by atoms with Crippen LogP contribution >= 0.6 is 0 Å². The third kappa shape index (κ3) is 2.96. The van der Waals surface area contributed by atoms with Crippen molar-refractivity contribution in [2.24, 2.45) is 0 Å². The summed E-state index contributed by atoms with van der Waals surface area (Å²) in [4.78, 5) is 0. The quantitative estimate of drug-likeness (QED) is 0.929. The zero-order valence-electron chi connectivity index (χ0n) is 10.2. The fourth-order valence-corrected chi connectivity index (χ4v) is 1.70. The van der Waals surface area contributed by atoms with E-state index in [2.05, 4.69) is 5.10 Å². The normalized spacial score (nSPS) is 13.5. The van der Waals surface area contributed by atoms with Crippen LogP contribution in [-0.4, -0.2) is 14.9 Å². The summed E-state index contributed by atoms with van der Waals surface area (Å²) in [5.74, 6) is 0. The van der Waals surface area contributed by atoms with Crippen LogP contribution in [0.5, 0.6) is 0 Å². The zero-order chi connectivity index (χ0) is 14.0. The third-order valence-electron chi connectivity index (χ3n) is 2.84. The molecule has 0 aliphatic heterocycles. The Kier molecular flexibility index (Phi) is 3.61. The molecule has 1 atom stereocenters. The molecule has 0 saturated carbocycles. The first kappa shape index (κ1) is 13.6. The lowest BCUT2D eigenvalue weighted by atomic mass is 10.1. The van der Waals surface area contributed by atoms with Gasteiger partial charge in [-0.15, -0.1) is 0 Å². The van der Waals surface area contributed by atoms with E-state index in [4.69, 9.17) is 0 Å². The van der Waals surface area contributed by atoms with Gasteiger partial charge in [0.05, 0.1) is 23.6 Å². The Morgan fingerprint density at radius 2 is 1.89 bits per heavy atom. The second-order valence-electron chi connectivity index (χ2n) is 4.19. The first-order valence-electron chi connectivity index (χ1n) is 5.82. The maximum atomic E-state index is 12.4. The van der Waals surface area contributed by atoms with Crippen molar-refractivity contribution in [1.82, 2.24) is 9.78 Å². The average Bonchev–Trinajstić information content (AvgIpc) is 2.87. The first-order valence-corrected chi connectivity index (χ1v) is 5.82. The van der Waals surface area contributed by atoms with Crippen LogP contribution in [0.3, 0.4) is 0 Å². The molecule has 2 rings (SSSR count). The number of hydrogen-bond donors (Lipinski definition) is 1. The average molecular weight is 270 g/mol. The van der Waals surface area contributed by atoms with E-state index in [1.807, 2.05) is 6.92 Å². The summed E-state index contributed by atoms with van der Waals surface area (Å²) in [6.45, 7) is 1.85. The fraction of sp³-hybridized carbons (Fsp3) is 0.308. The van der Waals surface area contributed by atoms with Gasteiger partial charge >= 0.3 is 6.18 Å². The van der Waals surface area contributed by atoms with Gasteiger partial charge in [0.15, 0.2) is 0 Å². The SMILES string of the molecule is CC[C@@H](O)c1ccc(-n2cc(C(F)(F)F)cn2)cc1. The van der Waals surface area contributed by atoms with Crippen molar-refractivity contribution in [3.05, 3.63) is 47.8 Å². The van der Waals surface area contributed by atoms with Gasteiger partial charge < -0.3 is 5.11 Å². The Bertz CT molecular complexity index is 546. The minimum absolute atomic E-state index is 0.516. The van der Waals surface area contributed by atoms with Crippen molar-refractivity contribution in [3.8, 4) is 5.69 Å². The van der Waals surface area contributed by atoms with Crippen LogP contribution in [0.15, 0.2) is 36.7 Å². The molecule has 0 aliphatic rings. The number of aromatic nitrogens is 2. The molecule has 1 aromatic heterocycles. The molecule has 2 aromatic rings. The van der Waals surface area contributed by atoms with Gasteiger partial charge in [-0.2, -0.15) is 18.3 Å². The van der Waals surface area contributed by atoms with Crippen LogP contribution in [0.1, 0.15) is 30.6 Å². The maximum absolute atomic E-state index is 12.4. The Labute approximate surface area is 108 Å². The molecule has 1 heterocycles. The maximum Gasteiger partial charge on any atom is 0.419 e. The number of alkyl halides is 3. The van der Waals surface area contributed by atoms with Crippen LogP contribution in [0.25, 0.3) is 5.69 Å². The summed E-state index contributed by atoms with van der Waals surface area (Å²) in [6, 6.07) is 6.61. The van der Waals surface area contributed by atoms with E-state index in [1.54, 1.807) is 24.3 Å². The second-order valence-corrected chi connectivity index (χ2v) is 4.19. The van der Waals surface area contributed by atoms with Crippen molar-refractivity contribution in [2.75, 3.05) is 0 Å². The lowest BCUT2D eigenvalue weighted by Gasteiger charge is -2.09. The minimum Gasteiger partial charge on any atom is -0.388 e. The molecule has 6 heteroatoms. The summed E-state index contributed by atoms with van der Waals surface area (Å²) >= 11 is 0. The van der Waals surface area contributed by atoms with Crippen LogP contribution in [0.4, 0.5) is 13.2 Å². The van der Waals surface area contributed by atoms with E-state index in [0.717, 1.165) is 22.6 Å². The van der Waals surface area contributed by atoms with Gasteiger partial charge in [-0.05, 0) is 24.1 Å². The highest BCUT2D eigenvalue weighted by atomic mass is 19.4. The second kappa shape index (κ2) is 5.05. The first-order chi connectivity index (χ1) is 8.91. The summed E-state index contributed by atoms with van der Waals surface area (Å²) in [5, 5.41) is 13.3. The Morgan fingerprint density at radius 1 is 1.26 bits per heavy atom. The highest BCUT2D eigenvalue weighted by Gasteiger charge is 2.32. The summed E-state index contributed by atoms with van der Waals surface area (Å²) in [7, 11) is 0. The minimum atomic E-state index is -4.39. The van der Waals surface area contributed by atoms with Gasteiger partial charge in [-0.3, -0.25) is 0 Å². The van der Waals surface area contributed by atoms with E-state index in [-0.39, 0.29) is 0 Å². The number of aliphatic hydroxyl groups excluding tert-OH is 1. The van der Waals surface area contributed by atoms with Gasteiger partial charge in [0.1, 0.15) is 0 Å². The number of rotatable bonds is 3. The van der Waals surface area contributed by atoms with Gasteiger partial charge in [-0.1, -0.05) is 19.1 Å². The lowest BCUT2D eigenvalue weighted by molar-refractivity contribution is -0.137. The molecule has 0 amide bonds. The molecule has 0 saturated heterocycles. The lowest BCUT2D eigenvalue weighted by Crippen LogP contribution is -2.03. The monoisotopic (exact) mass is 270 g/mol. The van der Waals surface area contributed by atoms with Crippen molar-refractivity contribution in [2.45, 2.75) is 25.6 Å². The molecule has 0 bridgehead atoms. The summed E-state index contributed by atoms with van der Waals surface area (Å²) in [6.07, 6.45) is -2.65. The fourth-order valence-electron chi connectivity index (χ4n) is 1.70. The molecule has 19 heavy (non-hydrogen) atoms. The molecule has 102 valence electrons. The van der Waals surface area contributed by atoms with Crippen molar-refractivity contribution < 1.29 is 18.3 Å². The van der Waals surface area contributed by atoms with Crippen LogP contribution in [0.2, 0.25) is 0 Å². The van der Waals surface area contributed by atoms with Crippen molar-refractivity contribution >= 4 is 0 Å². The number of nitrogens with zero attached hydrogens (tertiary/aromatic N) is 2. The molecule has 0 unspecified atom stereocenters. The van der Waals surface area contributed by atoms with Crippen LogP contribution < -0.4 is 0 Å². The highest BCUT2D eigenvalue weighted by molar-refractivity contribution is 5.35. The predicted octanol–water partition coefficient (Wildman–Crippen LogP) is 3.33. The molecule has 0 aliphatic carbocycles. The molecule has 0 spiro atoms. The number of halogens is 3. The van der Waals surface area contributed by atoms with E-state index in [0.29, 0.717) is 12.1 Å². The third-order valence-corrected chi connectivity index (χ3v) is 2.84. The number of hydrogen-bond acceptors (Lipinski definition) is 2. The van der Waals surface area contributed by atoms with Gasteiger partial charge in [0, 0.05) is 6.20 Å². The van der Waals surface area contributed by atoms with E-state index in [9.17, 15) is 18.3 Å². The summed E-state index contributed by atoms with van der Waals surface area (Å²) in [5.41, 5.74) is 0.460. The molecule has 1 aromatic carbocycles. The molecule has 3 nitrogen and oxygen atoms in total. The number of aliphatic hydroxyl groups is 1. The molecule has 0 radical (unpaired) electrons. The van der Waals surface area contributed by atoms with E-state index in [1.165, 1.54) is 0 Å². The molecule has 0 fully saturated rings. The van der Waals surface area contributed by atoms with Crippen LogP contribution in [0, 0.1) is 0 Å². The topological polar surface area (TPSA) is 38.0 Å². The van der Waals surface area contributed by atoms with Gasteiger partial charge in [0.25, 0.3) is 0 Å². The Morgan fingerprint density at radius 3 is 2.37 bits per heavy atom. The Balaban J connectivity index is 2.25. The van der Waals surface area contributed by atoms with Crippen LogP contribution in [-0.2, 0) is 6.18 Å². The Hall–Kier alpha value is -1.82. The van der Waals surface area contributed by atoms with Crippen molar-refractivity contribution in [1.29, 1.82) is 0 Å². The zero-order valence-corrected chi connectivity index (χ0v) is 10.2. The van der Waals surface area contributed by atoms with Gasteiger partial charge in [-0.25, -0.2) is 4.68 Å². The smallest absolute Gasteiger partial charge is 0.388 e. The highest BCUT2D eigenvalue weighted by Crippen LogP contribution is 2.29. The van der Waals surface area contributed by atoms with E-state index < -0.39 is 17.8 Å². The summed E-state index contributed by atoms with van der Waals surface area (Å²) < 4.78 is 38.5. The molecule has 1 N–H and O–H groups in total. The molecular formula is C13H13F3N2O.